The summed E-state index contributed by atoms with van der Waals surface area (Å²) in [6.45, 7) is 0.0656. The smallest absolute Gasteiger partial charge is 0.252 e. The van der Waals surface area contributed by atoms with E-state index in [1.165, 1.54) is 12.3 Å². The van der Waals surface area contributed by atoms with Crippen molar-refractivity contribution in [3.8, 4) is 0 Å². The zero-order chi connectivity index (χ0) is 12.2. The monoisotopic (exact) mass is 244 g/mol. The summed E-state index contributed by atoms with van der Waals surface area (Å²) in [5.74, 6) is -0.633. The van der Waals surface area contributed by atoms with Crippen LogP contribution in [0.5, 0.6) is 0 Å². The van der Waals surface area contributed by atoms with Crippen LogP contribution in [0.4, 0.5) is 5.82 Å². The maximum absolute atomic E-state index is 11.0. The first-order valence-electron chi connectivity index (χ1n) is 4.39. The molecule has 0 saturated carbocycles. The SMILES string of the molecule is NC(=O)c1cccnc1NCCS(N)(=O)=O. The summed E-state index contributed by atoms with van der Waals surface area (Å²) < 4.78 is 21.3. The first kappa shape index (κ1) is 12.4. The molecule has 0 radical (unpaired) electrons. The van der Waals surface area contributed by atoms with Gasteiger partial charge in [-0.15, -0.1) is 0 Å². The number of primary amides is 1. The zero-order valence-electron chi connectivity index (χ0n) is 8.38. The lowest BCUT2D eigenvalue weighted by Crippen LogP contribution is -2.24. The highest BCUT2D eigenvalue weighted by atomic mass is 32.2. The Morgan fingerprint density at radius 2 is 2.19 bits per heavy atom. The number of carbonyl (C=O) groups excluding carboxylic acids is 1. The lowest BCUT2D eigenvalue weighted by molar-refractivity contribution is 0.100. The Bertz CT molecular complexity index is 486. The minimum atomic E-state index is -3.53. The second-order valence-electron chi connectivity index (χ2n) is 3.06. The number of aromatic nitrogens is 1. The molecule has 16 heavy (non-hydrogen) atoms. The van der Waals surface area contributed by atoms with Gasteiger partial charge < -0.3 is 11.1 Å². The fourth-order valence-corrected chi connectivity index (χ4v) is 1.44. The van der Waals surface area contributed by atoms with Crippen LogP contribution in [-0.2, 0) is 10.0 Å². The zero-order valence-corrected chi connectivity index (χ0v) is 9.20. The molecule has 0 aliphatic carbocycles. The molecule has 7 nitrogen and oxygen atoms in total. The fourth-order valence-electron chi connectivity index (χ4n) is 1.06. The van der Waals surface area contributed by atoms with Gasteiger partial charge in [0.1, 0.15) is 5.82 Å². The quantitative estimate of drug-likeness (QED) is 0.604. The minimum absolute atomic E-state index is 0.0656. The molecule has 8 heteroatoms. The van der Waals surface area contributed by atoms with Crippen molar-refractivity contribution in [1.29, 1.82) is 0 Å². The maximum Gasteiger partial charge on any atom is 0.252 e. The van der Waals surface area contributed by atoms with Crippen LogP contribution in [0.15, 0.2) is 18.3 Å². The van der Waals surface area contributed by atoms with Crippen LogP contribution in [0.3, 0.4) is 0 Å². The first-order chi connectivity index (χ1) is 7.40. The largest absolute Gasteiger partial charge is 0.368 e. The summed E-state index contributed by atoms with van der Waals surface area (Å²) in [6, 6.07) is 3.06. The van der Waals surface area contributed by atoms with E-state index in [2.05, 4.69) is 10.3 Å². The predicted molar refractivity (Wildman–Crippen MR) is 59.2 cm³/mol. The van der Waals surface area contributed by atoms with Gasteiger partial charge >= 0.3 is 0 Å². The van der Waals surface area contributed by atoms with Crippen LogP contribution in [0.1, 0.15) is 10.4 Å². The number of sulfonamides is 1. The maximum atomic E-state index is 11.0. The number of anilines is 1. The van der Waals surface area contributed by atoms with Gasteiger partial charge in [0.2, 0.25) is 10.0 Å². The first-order valence-corrected chi connectivity index (χ1v) is 6.11. The molecule has 0 fully saturated rings. The molecule has 1 heterocycles. The fraction of sp³-hybridized carbons (Fsp3) is 0.250. The Hall–Kier alpha value is -1.67. The van der Waals surface area contributed by atoms with Crippen LogP contribution in [0, 0.1) is 0 Å². The van der Waals surface area contributed by atoms with Crippen molar-refractivity contribution in [3.05, 3.63) is 23.9 Å². The molecule has 1 aromatic heterocycles. The molecule has 0 unspecified atom stereocenters. The highest BCUT2D eigenvalue weighted by Crippen LogP contribution is 2.09. The van der Waals surface area contributed by atoms with E-state index in [4.69, 9.17) is 10.9 Å². The van der Waals surface area contributed by atoms with Crippen LogP contribution < -0.4 is 16.2 Å². The molecule has 1 amide bonds. The highest BCUT2D eigenvalue weighted by molar-refractivity contribution is 7.89. The Morgan fingerprint density at radius 1 is 1.50 bits per heavy atom. The van der Waals surface area contributed by atoms with Gasteiger partial charge in [-0.1, -0.05) is 0 Å². The molecule has 88 valence electrons. The van der Waals surface area contributed by atoms with Gasteiger partial charge in [-0.2, -0.15) is 0 Å². The second kappa shape index (κ2) is 4.90. The van der Waals surface area contributed by atoms with Crippen molar-refractivity contribution in [3.63, 3.8) is 0 Å². The van der Waals surface area contributed by atoms with Gasteiger partial charge in [-0.3, -0.25) is 4.79 Å². The summed E-state index contributed by atoms with van der Waals surface area (Å²) in [7, 11) is -3.53. The Balaban J connectivity index is 2.71. The number of amides is 1. The average Bonchev–Trinajstić information content (AvgIpc) is 2.16. The number of nitrogens with zero attached hydrogens (tertiary/aromatic N) is 1. The molecule has 0 atom stereocenters. The summed E-state index contributed by atoms with van der Waals surface area (Å²) in [5, 5.41) is 7.50. The molecule has 0 spiro atoms. The van der Waals surface area contributed by atoms with Crippen molar-refractivity contribution < 1.29 is 13.2 Å². The highest BCUT2D eigenvalue weighted by Gasteiger charge is 2.09. The number of nitrogens with two attached hydrogens (primary N) is 2. The van der Waals surface area contributed by atoms with Gasteiger partial charge in [0.15, 0.2) is 0 Å². The molecular weight excluding hydrogens is 232 g/mol. The molecule has 0 aliphatic rings. The molecule has 1 rings (SSSR count). The number of rotatable bonds is 5. The lowest BCUT2D eigenvalue weighted by atomic mass is 10.2. The van der Waals surface area contributed by atoms with E-state index in [0.29, 0.717) is 0 Å². The average molecular weight is 244 g/mol. The summed E-state index contributed by atoms with van der Waals surface area (Å²) in [6.07, 6.45) is 1.46. The number of primary sulfonamides is 1. The third-order valence-electron chi connectivity index (χ3n) is 1.75. The lowest BCUT2D eigenvalue weighted by Gasteiger charge is -2.07. The molecule has 0 aromatic carbocycles. The van der Waals surface area contributed by atoms with Gasteiger partial charge in [-0.05, 0) is 12.1 Å². The van der Waals surface area contributed by atoms with Crippen molar-refractivity contribution in [2.75, 3.05) is 17.6 Å². The van der Waals surface area contributed by atoms with Crippen LogP contribution in [-0.4, -0.2) is 31.6 Å². The van der Waals surface area contributed by atoms with E-state index in [0.717, 1.165) is 0 Å². The summed E-state index contributed by atoms with van der Waals surface area (Å²) in [5.41, 5.74) is 5.32. The normalized spacial score (nSPS) is 11.1. The number of hydrogen-bond acceptors (Lipinski definition) is 5. The third kappa shape index (κ3) is 3.83. The van der Waals surface area contributed by atoms with E-state index < -0.39 is 15.9 Å². The van der Waals surface area contributed by atoms with Gasteiger partial charge in [0.05, 0.1) is 11.3 Å². The molecule has 0 saturated heterocycles. The standard InChI is InChI=1S/C8H12N4O3S/c9-7(13)6-2-1-3-11-8(6)12-4-5-16(10,14)15/h1-3H,4-5H2,(H2,9,13)(H,11,12)(H2,10,14,15). The predicted octanol–water partition coefficient (Wildman–Crippen LogP) is -1.12. The molecule has 1 aromatic rings. The molecule has 5 N–H and O–H groups in total. The Kier molecular flexibility index (Phi) is 3.80. The van der Waals surface area contributed by atoms with Gasteiger partial charge in [0, 0.05) is 12.7 Å². The van der Waals surface area contributed by atoms with E-state index in [1.54, 1.807) is 6.07 Å². The second-order valence-corrected chi connectivity index (χ2v) is 4.79. The van der Waals surface area contributed by atoms with E-state index in [9.17, 15) is 13.2 Å². The van der Waals surface area contributed by atoms with Crippen molar-refractivity contribution >= 4 is 21.7 Å². The number of carbonyl (C=O) groups is 1. The van der Waals surface area contributed by atoms with Crippen molar-refractivity contribution in [2.24, 2.45) is 10.9 Å². The number of pyridine rings is 1. The topological polar surface area (TPSA) is 128 Å². The van der Waals surface area contributed by atoms with Crippen LogP contribution in [0.25, 0.3) is 0 Å². The van der Waals surface area contributed by atoms with Crippen molar-refractivity contribution in [2.45, 2.75) is 0 Å². The van der Waals surface area contributed by atoms with E-state index in [1.807, 2.05) is 0 Å². The summed E-state index contributed by atoms with van der Waals surface area (Å²) in [4.78, 5) is 14.9. The third-order valence-corrected chi connectivity index (χ3v) is 2.53. The number of nitrogens with one attached hydrogen (secondary N) is 1. The molecule has 0 aliphatic heterocycles. The summed E-state index contributed by atoms with van der Waals surface area (Å²) >= 11 is 0. The van der Waals surface area contributed by atoms with Crippen LogP contribution in [0.2, 0.25) is 0 Å². The van der Waals surface area contributed by atoms with Gasteiger partial charge in [-0.25, -0.2) is 18.5 Å². The van der Waals surface area contributed by atoms with Crippen LogP contribution >= 0.6 is 0 Å². The molecule has 0 bridgehead atoms. The Morgan fingerprint density at radius 3 is 2.75 bits per heavy atom. The van der Waals surface area contributed by atoms with E-state index >= 15 is 0 Å². The Labute approximate surface area is 92.9 Å². The van der Waals surface area contributed by atoms with Gasteiger partial charge in [0.25, 0.3) is 5.91 Å². The minimum Gasteiger partial charge on any atom is -0.368 e. The molecular formula is C8H12N4O3S. The number of hydrogen-bond donors (Lipinski definition) is 3. The van der Waals surface area contributed by atoms with E-state index in [-0.39, 0.29) is 23.7 Å². The van der Waals surface area contributed by atoms with Crippen molar-refractivity contribution in [1.82, 2.24) is 4.98 Å².